The number of carbonyl (C=O) groups is 5. The van der Waals surface area contributed by atoms with E-state index in [1.165, 1.54) is 0 Å². The zero-order valence-electron chi connectivity index (χ0n) is 19.9. The predicted molar refractivity (Wildman–Crippen MR) is 128 cm³/mol. The molecule has 36 heavy (non-hydrogen) atoms. The van der Waals surface area contributed by atoms with Gasteiger partial charge >= 0.3 is 11.9 Å². The van der Waals surface area contributed by atoms with E-state index in [0.717, 1.165) is 5.56 Å². The minimum Gasteiger partial charge on any atom is -0.481 e. The van der Waals surface area contributed by atoms with Gasteiger partial charge in [0.05, 0.1) is 12.6 Å². The van der Waals surface area contributed by atoms with Gasteiger partial charge in [-0.1, -0.05) is 30.3 Å². The van der Waals surface area contributed by atoms with Gasteiger partial charge in [-0.25, -0.2) is 4.79 Å². The van der Waals surface area contributed by atoms with Crippen LogP contribution < -0.4 is 27.4 Å². The van der Waals surface area contributed by atoms with E-state index in [-0.39, 0.29) is 19.3 Å². The number of aliphatic carboxylic acids is 2. The summed E-state index contributed by atoms with van der Waals surface area (Å²) in [6, 6.07) is 3.70. The molecule has 0 saturated carbocycles. The number of rotatable bonds is 17. The van der Waals surface area contributed by atoms with E-state index in [0.29, 0.717) is 19.4 Å². The van der Waals surface area contributed by atoms with Gasteiger partial charge in [0.25, 0.3) is 0 Å². The Hall–Kier alpha value is -3.55. The molecule has 0 aromatic heterocycles. The Morgan fingerprint density at radius 2 is 1.39 bits per heavy atom. The summed E-state index contributed by atoms with van der Waals surface area (Å²) in [6.07, 6.45) is 0.489. The predicted octanol–water partition coefficient (Wildman–Crippen LogP) is -1.92. The van der Waals surface area contributed by atoms with E-state index in [1.54, 1.807) is 30.3 Å². The summed E-state index contributed by atoms with van der Waals surface area (Å²) in [5.41, 5.74) is 12.1. The van der Waals surface area contributed by atoms with Crippen molar-refractivity contribution in [2.24, 2.45) is 11.5 Å². The fraction of sp³-hybridized carbons (Fsp3) is 0.522. The van der Waals surface area contributed by atoms with Gasteiger partial charge in [-0.3, -0.25) is 19.2 Å². The largest absolute Gasteiger partial charge is 0.481 e. The third-order valence-corrected chi connectivity index (χ3v) is 5.29. The highest BCUT2D eigenvalue weighted by atomic mass is 16.4. The molecule has 4 atom stereocenters. The molecule has 0 radical (unpaired) electrons. The summed E-state index contributed by atoms with van der Waals surface area (Å²) in [4.78, 5) is 60.3. The summed E-state index contributed by atoms with van der Waals surface area (Å²) in [6.45, 7) is -0.506. The molecule has 0 bridgehead atoms. The van der Waals surface area contributed by atoms with E-state index in [9.17, 15) is 34.2 Å². The van der Waals surface area contributed by atoms with Crippen molar-refractivity contribution in [3.63, 3.8) is 0 Å². The number of hydrogen-bond donors (Lipinski definition) is 8. The fourth-order valence-corrected chi connectivity index (χ4v) is 3.27. The van der Waals surface area contributed by atoms with Crippen LogP contribution in [0.15, 0.2) is 30.3 Å². The summed E-state index contributed by atoms with van der Waals surface area (Å²) in [7, 11) is 0. The molecule has 1 aromatic carbocycles. The molecule has 0 saturated heterocycles. The third-order valence-electron chi connectivity index (χ3n) is 5.29. The van der Waals surface area contributed by atoms with Crippen molar-refractivity contribution in [3.8, 4) is 0 Å². The maximum Gasteiger partial charge on any atom is 0.326 e. The lowest BCUT2D eigenvalue weighted by Crippen LogP contribution is -2.58. The van der Waals surface area contributed by atoms with Crippen molar-refractivity contribution >= 4 is 29.7 Å². The van der Waals surface area contributed by atoms with Crippen molar-refractivity contribution in [2.75, 3.05) is 13.2 Å². The second-order valence-corrected chi connectivity index (χ2v) is 8.22. The van der Waals surface area contributed by atoms with Gasteiger partial charge in [-0.2, -0.15) is 0 Å². The minimum absolute atomic E-state index is 0.0982. The summed E-state index contributed by atoms with van der Waals surface area (Å²) >= 11 is 0. The molecule has 0 aliphatic heterocycles. The van der Waals surface area contributed by atoms with Gasteiger partial charge in [0.1, 0.15) is 18.1 Å². The fourth-order valence-electron chi connectivity index (χ4n) is 3.27. The molecular weight excluding hydrogens is 474 g/mol. The Morgan fingerprint density at radius 3 is 1.94 bits per heavy atom. The van der Waals surface area contributed by atoms with Gasteiger partial charge < -0.3 is 42.7 Å². The monoisotopic (exact) mass is 509 g/mol. The Bertz CT molecular complexity index is 883. The lowest BCUT2D eigenvalue weighted by Gasteiger charge is -2.24. The Kier molecular flexibility index (Phi) is 13.7. The van der Waals surface area contributed by atoms with E-state index in [4.69, 9.17) is 16.6 Å². The van der Waals surface area contributed by atoms with Crippen LogP contribution in [0, 0.1) is 0 Å². The molecular formula is C23H35N5O8. The Morgan fingerprint density at radius 1 is 0.806 bits per heavy atom. The van der Waals surface area contributed by atoms with Crippen molar-refractivity contribution < 1.29 is 39.3 Å². The average molecular weight is 510 g/mol. The molecule has 13 nitrogen and oxygen atoms in total. The number of nitrogens with one attached hydrogen (secondary N) is 3. The lowest BCUT2D eigenvalue weighted by atomic mass is 10.0. The molecule has 1 rings (SSSR count). The molecule has 0 heterocycles. The number of nitrogens with two attached hydrogens (primary N) is 2. The lowest BCUT2D eigenvalue weighted by molar-refractivity contribution is -0.142. The SMILES string of the molecule is NCCCCC(NC(=O)C(CO)NC(=O)C(CCC(=O)O)NC(=O)C(N)Cc1ccccc1)C(=O)O. The zero-order chi connectivity index (χ0) is 27.1. The number of benzene rings is 1. The third kappa shape index (κ3) is 11.3. The molecule has 3 amide bonds. The first-order chi connectivity index (χ1) is 17.1. The van der Waals surface area contributed by atoms with Crippen LogP contribution in [0.25, 0.3) is 0 Å². The van der Waals surface area contributed by atoms with Gasteiger partial charge in [-0.05, 0) is 44.2 Å². The second-order valence-electron chi connectivity index (χ2n) is 8.22. The number of carboxylic acids is 2. The molecule has 0 fully saturated rings. The molecule has 10 N–H and O–H groups in total. The standard InChI is InChI=1S/C23H35N5O8/c24-11-5-4-8-17(23(35)36)27-22(34)18(13-29)28-21(33)16(9-10-19(30)31)26-20(32)15(25)12-14-6-2-1-3-7-14/h1-3,6-7,15-18,29H,4-5,8-13,24-25H2,(H,26,32)(H,27,34)(H,28,33)(H,30,31)(H,35,36). The van der Waals surface area contributed by atoms with Crippen LogP contribution in [0.1, 0.15) is 37.7 Å². The quantitative estimate of drug-likeness (QED) is 0.108. The summed E-state index contributed by atoms with van der Waals surface area (Å²) < 4.78 is 0. The number of aliphatic hydroxyl groups excluding tert-OH is 1. The molecule has 0 spiro atoms. The van der Waals surface area contributed by atoms with E-state index >= 15 is 0 Å². The zero-order valence-corrected chi connectivity index (χ0v) is 19.9. The van der Waals surface area contributed by atoms with E-state index in [1.807, 2.05) is 0 Å². The van der Waals surface area contributed by atoms with Crippen LogP contribution in [0.2, 0.25) is 0 Å². The van der Waals surface area contributed by atoms with Crippen molar-refractivity contribution in [1.82, 2.24) is 16.0 Å². The Balaban J connectivity index is 2.84. The van der Waals surface area contributed by atoms with Gasteiger partial charge in [0.2, 0.25) is 17.7 Å². The van der Waals surface area contributed by atoms with Gasteiger partial charge in [0, 0.05) is 6.42 Å². The van der Waals surface area contributed by atoms with Crippen LogP contribution >= 0.6 is 0 Å². The second kappa shape index (κ2) is 16.2. The molecule has 0 aliphatic rings. The first-order valence-electron chi connectivity index (χ1n) is 11.5. The van der Waals surface area contributed by atoms with Crippen LogP contribution in [0.3, 0.4) is 0 Å². The smallest absolute Gasteiger partial charge is 0.326 e. The van der Waals surface area contributed by atoms with Crippen LogP contribution in [0.4, 0.5) is 0 Å². The van der Waals surface area contributed by atoms with Crippen LogP contribution in [0.5, 0.6) is 0 Å². The van der Waals surface area contributed by atoms with E-state index < -0.39 is 66.9 Å². The molecule has 0 aliphatic carbocycles. The Labute approximate surface area is 208 Å². The molecule has 1 aromatic rings. The highest BCUT2D eigenvalue weighted by Crippen LogP contribution is 2.05. The van der Waals surface area contributed by atoms with Crippen LogP contribution in [-0.4, -0.2) is 82.3 Å². The highest BCUT2D eigenvalue weighted by molar-refractivity contribution is 5.94. The van der Waals surface area contributed by atoms with E-state index in [2.05, 4.69) is 16.0 Å². The molecule has 4 unspecified atom stereocenters. The normalized spacial score (nSPS) is 14.1. The average Bonchev–Trinajstić information content (AvgIpc) is 2.84. The number of unbranched alkanes of at least 4 members (excludes halogenated alkanes) is 1. The topological polar surface area (TPSA) is 234 Å². The summed E-state index contributed by atoms with van der Waals surface area (Å²) in [5.74, 6) is -5.09. The maximum atomic E-state index is 12.8. The number of amides is 3. The molecule has 200 valence electrons. The first-order valence-corrected chi connectivity index (χ1v) is 11.5. The maximum absolute atomic E-state index is 12.8. The highest BCUT2D eigenvalue weighted by Gasteiger charge is 2.30. The van der Waals surface area contributed by atoms with Crippen LogP contribution in [-0.2, 0) is 30.4 Å². The molecule has 13 heteroatoms. The van der Waals surface area contributed by atoms with Crippen molar-refractivity contribution in [1.29, 1.82) is 0 Å². The van der Waals surface area contributed by atoms with Crippen molar-refractivity contribution in [3.05, 3.63) is 35.9 Å². The van der Waals surface area contributed by atoms with Crippen molar-refractivity contribution in [2.45, 2.75) is 62.7 Å². The first kappa shape index (κ1) is 30.5. The minimum atomic E-state index is -1.53. The summed E-state index contributed by atoms with van der Waals surface area (Å²) in [5, 5.41) is 34.8. The number of carbonyl (C=O) groups excluding carboxylic acids is 3. The van der Waals surface area contributed by atoms with Gasteiger partial charge in [-0.15, -0.1) is 0 Å². The number of hydrogen-bond acceptors (Lipinski definition) is 8. The number of aliphatic hydroxyl groups is 1. The van der Waals surface area contributed by atoms with Gasteiger partial charge in [0.15, 0.2) is 0 Å². The number of carboxylic acid groups (broad SMARTS) is 2.